The van der Waals surface area contributed by atoms with Gasteiger partial charge in [-0.3, -0.25) is 0 Å². The number of fused-ring (bicyclic) bond motifs is 1. The molecule has 0 saturated heterocycles. The van der Waals surface area contributed by atoms with Crippen molar-refractivity contribution in [2.45, 2.75) is 39.5 Å². The van der Waals surface area contributed by atoms with Gasteiger partial charge >= 0.3 is 0 Å². The van der Waals surface area contributed by atoms with E-state index in [1.807, 2.05) is 6.20 Å². The lowest BCUT2D eigenvalue weighted by Crippen LogP contribution is -1.93. The molecular weight excluding hydrogens is 202 g/mol. The van der Waals surface area contributed by atoms with E-state index >= 15 is 0 Å². The highest BCUT2D eigenvalue weighted by atomic mass is 32.1. The van der Waals surface area contributed by atoms with E-state index in [1.165, 1.54) is 21.2 Å². The van der Waals surface area contributed by atoms with Crippen LogP contribution in [0.3, 0.4) is 0 Å². The van der Waals surface area contributed by atoms with Gasteiger partial charge in [-0.1, -0.05) is 33.8 Å². The first kappa shape index (κ1) is 10.6. The third kappa shape index (κ3) is 1.91. The minimum atomic E-state index is 0.576. The maximum absolute atomic E-state index is 4.29. The molecule has 0 bridgehead atoms. The van der Waals surface area contributed by atoms with Crippen molar-refractivity contribution in [2.75, 3.05) is 0 Å². The Morgan fingerprint density at radius 1 is 1.07 bits per heavy atom. The minimum absolute atomic E-state index is 0.576. The summed E-state index contributed by atoms with van der Waals surface area (Å²) in [7, 11) is 0. The molecule has 0 amide bonds. The second-order valence-corrected chi connectivity index (χ2v) is 5.47. The van der Waals surface area contributed by atoms with Crippen molar-refractivity contribution in [3.8, 4) is 0 Å². The molecule has 1 aromatic heterocycles. The van der Waals surface area contributed by atoms with Crippen molar-refractivity contribution < 1.29 is 0 Å². The van der Waals surface area contributed by atoms with E-state index in [4.69, 9.17) is 0 Å². The van der Waals surface area contributed by atoms with Crippen LogP contribution >= 0.6 is 11.5 Å². The summed E-state index contributed by atoms with van der Waals surface area (Å²) < 4.78 is 5.64. The van der Waals surface area contributed by atoms with Crippen molar-refractivity contribution >= 4 is 21.6 Å². The van der Waals surface area contributed by atoms with E-state index in [-0.39, 0.29) is 0 Å². The van der Waals surface area contributed by atoms with Gasteiger partial charge in [0.15, 0.2) is 0 Å². The van der Waals surface area contributed by atoms with Crippen molar-refractivity contribution in [2.24, 2.45) is 0 Å². The lowest BCUT2D eigenvalue weighted by molar-refractivity contribution is 0.843. The van der Waals surface area contributed by atoms with E-state index in [1.54, 1.807) is 11.5 Å². The molecule has 0 radical (unpaired) electrons. The Hall–Kier alpha value is -0.890. The summed E-state index contributed by atoms with van der Waals surface area (Å²) in [6.07, 6.45) is 1.98. The molecule has 15 heavy (non-hydrogen) atoms. The standard InChI is InChI=1S/C13H17NS/c1-8(2)10-5-11-7-14-15-13(11)12(6-10)9(3)4/h5-9H,1-4H3. The Kier molecular flexibility index (Phi) is 2.79. The fraction of sp³-hybridized carbons (Fsp3) is 0.462. The van der Waals surface area contributed by atoms with Crippen LogP contribution in [0.4, 0.5) is 0 Å². The molecule has 1 aromatic carbocycles. The molecular formula is C13H17NS. The molecule has 2 heteroatoms. The molecule has 0 aliphatic carbocycles. The predicted molar refractivity (Wildman–Crippen MR) is 67.8 cm³/mol. The Balaban J connectivity index is 2.69. The molecule has 0 fully saturated rings. The first-order chi connectivity index (χ1) is 7.09. The SMILES string of the molecule is CC(C)c1cc(C(C)C)c2sncc2c1. The maximum Gasteiger partial charge on any atom is 0.0584 e. The third-order valence-corrected chi connectivity index (χ3v) is 3.66. The summed E-state index contributed by atoms with van der Waals surface area (Å²) in [4.78, 5) is 0. The molecule has 80 valence electrons. The van der Waals surface area contributed by atoms with Gasteiger partial charge in [-0.05, 0) is 40.6 Å². The average molecular weight is 219 g/mol. The Morgan fingerprint density at radius 3 is 2.40 bits per heavy atom. The van der Waals surface area contributed by atoms with Crippen LogP contribution in [0.25, 0.3) is 10.1 Å². The van der Waals surface area contributed by atoms with Gasteiger partial charge in [0.05, 0.1) is 4.70 Å². The first-order valence-electron chi connectivity index (χ1n) is 5.48. The number of rotatable bonds is 2. The molecule has 0 atom stereocenters. The van der Waals surface area contributed by atoms with Crippen molar-refractivity contribution in [1.29, 1.82) is 0 Å². The quantitative estimate of drug-likeness (QED) is 0.722. The minimum Gasteiger partial charge on any atom is -0.200 e. The van der Waals surface area contributed by atoms with E-state index in [0.717, 1.165) is 0 Å². The van der Waals surface area contributed by atoms with Gasteiger partial charge < -0.3 is 0 Å². The zero-order valence-electron chi connectivity index (χ0n) is 9.74. The fourth-order valence-electron chi connectivity index (χ4n) is 1.80. The molecule has 0 aliphatic rings. The zero-order valence-corrected chi connectivity index (χ0v) is 10.6. The molecule has 2 aromatic rings. The Morgan fingerprint density at radius 2 is 1.80 bits per heavy atom. The smallest absolute Gasteiger partial charge is 0.0584 e. The van der Waals surface area contributed by atoms with Crippen LogP contribution in [0.5, 0.6) is 0 Å². The summed E-state index contributed by atoms with van der Waals surface area (Å²) in [5.74, 6) is 1.17. The van der Waals surface area contributed by atoms with Crippen LogP contribution in [-0.2, 0) is 0 Å². The number of benzene rings is 1. The summed E-state index contributed by atoms with van der Waals surface area (Å²) >= 11 is 1.61. The third-order valence-electron chi connectivity index (χ3n) is 2.79. The summed E-state index contributed by atoms with van der Waals surface area (Å²) in [6, 6.07) is 4.62. The lowest BCUT2D eigenvalue weighted by atomic mass is 9.94. The molecule has 1 nitrogen and oxygen atoms in total. The number of hydrogen-bond donors (Lipinski definition) is 0. The number of hydrogen-bond acceptors (Lipinski definition) is 2. The monoisotopic (exact) mass is 219 g/mol. The van der Waals surface area contributed by atoms with Gasteiger partial charge in [-0.2, -0.15) is 4.37 Å². The van der Waals surface area contributed by atoms with Crippen LogP contribution in [-0.4, -0.2) is 4.37 Å². The van der Waals surface area contributed by atoms with E-state index in [9.17, 15) is 0 Å². The summed E-state index contributed by atoms with van der Waals surface area (Å²) in [5.41, 5.74) is 2.87. The molecule has 0 saturated carbocycles. The van der Waals surface area contributed by atoms with Crippen LogP contribution in [0.15, 0.2) is 18.3 Å². The van der Waals surface area contributed by atoms with Gasteiger partial charge in [0, 0.05) is 11.6 Å². The second kappa shape index (κ2) is 3.93. The van der Waals surface area contributed by atoms with Gasteiger partial charge in [0.2, 0.25) is 0 Å². The highest BCUT2D eigenvalue weighted by Crippen LogP contribution is 2.32. The Bertz CT molecular complexity index is 468. The van der Waals surface area contributed by atoms with E-state index in [0.29, 0.717) is 11.8 Å². The van der Waals surface area contributed by atoms with Crippen LogP contribution < -0.4 is 0 Å². The van der Waals surface area contributed by atoms with Crippen molar-refractivity contribution in [3.63, 3.8) is 0 Å². The summed E-state index contributed by atoms with van der Waals surface area (Å²) in [6.45, 7) is 8.98. The normalized spacial score (nSPS) is 11.9. The Labute approximate surface area is 95.3 Å². The molecule has 0 aliphatic heterocycles. The zero-order chi connectivity index (χ0) is 11.0. The number of aromatic nitrogens is 1. The summed E-state index contributed by atoms with van der Waals surface area (Å²) in [5, 5.41) is 1.30. The highest BCUT2D eigenvalue weighted by molar-refractivity contribution is 7.13. The van der Waals surface area contributed by atoms with Crippen LogP contribution in [0.1, 0.15) is 50.7 Å². The average Bonchev–Trinajstić information content (AvgIpc) is 2.62. The first-order valence-corrected chi connectivity index (χ1v) is 6.25. The maximum atomic E-state index is 4.29. The molecule has 0 spiro atoms. The van der Waals surface area contributed by atoms with Crippen LogP contribution in [0.2, 0.25) is 0 Å². The topological polar surface area (TPSA) is 12.9 Å². The van der Waals surface area contributed by atoms with Gasteiger partial charge in [-0.15, -0.1) is 0 Å². The predicted octanol–water partition coefficient (Wildman–Crippen LogP) is 4.54. The van der Waals surface area contributed by atoms with Crippen LogP contribution in [0, 0.1) is 0 Å². The molecule has 0 unspecified atom stereocenters. The molecule has 2 rings (SSSR count). The highest BCUT2D eigenvalue weighted by Gasteiger charge is 2.10. The largest absolute Gasteiger partial charge is 0.200 e. The van der Waals surface area contributed by atoms with Crippen molar-refractivity contribution in [3.05, 3.63) is 29.5 Å². The lowest BCUT2D eigenvalue weighted by Gasteiger charge is -2.12. The van der Waals surface area contributed by atoms with Gasteiger partial charge in [0.25, 0.3) is 0 Å². The van der Waals surface area contributed by atoms with Crippen molar-refractivity contribution in [1.82, 2.24) is 4.37 Å². The van der Waals surface area contributed by atoms with Gasteiger partial charge in [-0.25, -0.2) is 0 Å². The molecule has 0 N–H and O–H groups in total. The second-order valence-electron chi connectivity index (χ2n) is 4.66. The number of nitrogens with zero attached hydrogens (tertiary/aromatic N) is 1. The van der Waals surface area contributed by atoms with Gasteiger partial charge in [0.1, 0.15) is 0 Å². The van der Waals surface area contributed by atoms with E-state index in [2.05, 4.69) is 44.2 Å². The molecule has 1 heterocycles. The van der Waals surface area contributed by atoms with E-state index < -0.39 is 0 Å². The fourth-order valence-corrected chi connectivity index (χ4v) is 2.69.